The third-order valence-electron chi connectivity index (χ3n) is 4.29. The Hall–Kier alpha value is -1.39. The molecule has 0 spiro atoms. The summed E-state index contributed by atoms with van der Waals surface area (Å²) in [5, 5.41) is 6.41. The Morgan fingerprint density at radius 3 is 2.80 bits per heavy atom. The van der Waals surface area contributed by atoms with Crippen molar-refractivity contribution >= 4 is 5.91 Å². The molecular formula is C16H22N2O2. The molecule has 1 aliphatic carbocycles. The predicted molar refractivity (Wildman–Crippen MR) is 77.6 cm³/mol. The van der Waals surface area contributed by atoms with Crippen molar-refractivity contribution in [3.05, 3.63) is 35.9 Å². The number of benzene rings is 1. The fourth-order valence-corrected chi connectivity index (χ4v) is 2.82. The molecule has 1 saturated carbocycles. The molecule has 2 fully saturated rings. The Morgan fingerprint density at radius 2 is 2.15 bits per heavy atom. The Labute approximate surface area is 119 Å². The van der Waals surface area contributed by atoms with Crippen LogP contribution in [0.15, 0.2) is 30.3 Å². The van der Waals surface area contributed by atoms with Crippen molar-refractivity contribution in [2.45, 2.75) is 30.7 Å². The van der Waals surface area contributed by atoms with Gasteiger partial charge in [0.15, 0.2) is 0 Å². The molecule has 2 aliphatic rings. The Kier molecular flexibility index (Phi) is 4.03. The van der Waals surface area contributed by atoms with Gasteiger partial charge in [0.05, 0.1) is 13.2 Å². The van der Waals surface area contributed by atoms with E-state index in [1.807, 2.05) is 6.07 Å². The molecule has 1 heterocycles. The fraction of sp³-hybridized carbons (Fsp3) is 0.562. The summed E-state index contributed by atoms with van der Waals surface area (Å²) in [5.41, 5.74) is 1.53. The molecule has 2 N–H and O–H groups in total. The maximum Gasteiger partial charge on any atom is 0.221 e. The zero-order valence-corrected chi connectivity index (χ0v) is 11.7. The highest BCUT2D eigenvalue weighted by Crippen LogP contribution is 2.47. The van der Waals surface area contributed by atoms with Gasteiger partial charge in [0.25, 0.3) is 0 Å². The van der Waals surface area contributed by atoms with Crippen LogP contribution in [0.1, 0.15) is 24.8 Å². The molecule has 1 atom stereocenters. The van der Waals surface area contributed by atoms with Gasteiger partial charge in [-0.1, -0.05) is 30.3 Å². The maximum absolute atomic E-state index is 12.0. The first kappa shape index (κ1) is 13.6. The van der Waals surface area contributed by atoms with Crippen LogP contribution in [0.3, 0.4) is 0 Å². The number of nitrogens with one attached hydrogen (secondary N) is 2. The van der Waals surface area contributed by atoms with E-state index in [0.717, 1.165) is 19.7 Å². The lowest BCUT2D eigenvalue weighted by Crippen LogP contribution is -2.45. The van der Waals surface area contributed by atoms with Gasteiger partial charge in [-0.2, -0.15) is 0 Å². The van der Waals surface area contributed by atoms with E-state index in [1.54, 1.807) is 0 Å². The highest BCUT2D eigenvalue weighted by atomic mass is 16.5. The SMILES string of the molecule is O=C(CC1COCCN1)NCC1(c2ccccc2)CC1. The van der Waals surface area contributed by atoms with E-state index >= 15 is 0 Å². The van der Waals surface area contributed by atoms with E-state index in [9.17, 15) is 4.79 Å². The summed E-state index contributed by atoms with van der Waals surface area (Å²) in [7, 11) is 0. The molecule has 0 bridgehead atoms. The summed E-state index contributed by atoms with van der Waals surface area (Å²) < 4.78 is 5.37. The molecule has 3 rings (SSSR count). The molecule has 1 saturated heterocycles. The van der Waals surface area contributed by atoms with E-state index in [1.165, 1.54) is 18.4 Å². The third kappa shape index (κ3) is 3.19. The third-order valence-corrected chi connectivity index (χ3v) is 4.29. The Morgan fingerprint density at radius 1 is 1.35 bits per heavy atom. The second-order valence-corrected chi connectivity index (χ2v) is 5.85. The van der Waals surface area contributed by atoms with Gasteiger partial charge < -0.3 is 15.4 Å². The fourth-order valence-electron chi connectivity index (χ4n) is 2.82. The predicted octanol–water partition coefficient (Wildman–Crippen LogP) is 1.21. The molecule has 1 aromatic rings. The van der Waals surface area contributed by atoms with Crippen LogP contribution < -0.4 is 10.6 Å². The summed E-state index contributed by atoms with van der Waals surface area (Å²) in [4.78, 5) is 12.0. The van der Waals surface area contributed by atoms with Crippen LogP contribution in [-0.4, -0.2) is 38.3 Å². The highest BCUT2D eigenvalue weighted by Gasteiger charge is 2.44. The van der Waals surface area contributed by atoms with Crippen LogP contribution >= 0.6 is 0 Å². The van der Waals surface area contributed by atoms with Gasteiger partial charge in [0.1, 0.15) is 0 Å². The highest BCUT2D eigenvalue weighted by molar-refractivity contribution is 5.76. The Bertz CT molecular complexity index is 451. The smallest absolute Gasteiger partial charge is 0.221 e. The van der Waals surface area contributed by atoms with Crippen molar-refractivity contribution in [1.82, 2.24) is 10.6 Å². The first-order valence-electron chi connectivity index (χ1n) is 7.42. The molecule has 4 nitrogen and oxygen atoms in total. The first-order chi connectivity index (χ1) is 9.78. The topological polar surface area (TPSA) is 50.4 Å². The summed E-state index contributed by atoms with van der Waals surface area (Å²) in [6.45, 7) is 2.97. The standard InChI is InChI=1S/C16H22N2O2/c19-15(10-14-11-20-9-8-17-14)18-12-16(6-7-16)13-4-2-1-3-5-13/h1-5,14,17H,6-12H2,(H,18,19). The first-order valence-corrected chi connectivity index (χ1v) is 7.42. The van der Waals surface area contributed by atoms with E-state index in [-0.39, 0.29) is 17.4 Å². The van der Waals surface area contributed by atoms with Crippen LogP contribution in [0.2, 0.25) is 0 Å². The van der Waals surface area contributed by atoms with Gasteiger partial charge in [0.2, 0.25) is 5.91 Å². The van der Waals surface area contributed by atoms with Gasteiger partial charge >= 0.3 is 0 Å². The lowest BCUT2D eigenvalue weighted by molar-refractivity contribution is -0.122. The minimum Gasteiger partial charge on any atom is -0.378 e. The van der Waals surface area contributed by atoms with Gasteiger partial charge in [0, 0.05) is 31.0 Å². The minimum atomic E-state index is 0.121. The van der Waals surface area contributed by atoms with Gasteiger partial charge in [-0.15, -0.1) is 0 Å². The molecule has 108 valence electrons. The number of amides is 1. The number of rotatable bonds is 5. The Balaban J connectivity index is 1.48. The van der Waals surface area contributed by atoms with Crippen LogP contribution in [0, 0.1) is 0 Å². The summed E-state index contributed by atoms with van der Waals surface area (Å²) in [5.74, 6) is 0.121. The molecule has 1 unspecified atom stereocenters. The second-order valence-electron chi connectivity index (χ2n) is 5.85. The summed E-state index contributed by atoms with van der Waals surface area (Å²) in [6, 6.07) is 10.7. The molecule has 0 aromatic heterocycles. The van der Waals surface area contributed by atoms with Crippen LogP contribution in [0.5, 0.6) is 0 Å². The second kappa shape index (κ2) is 5.94. The van der Waals surface area contributed by atoms with E-state index in [4.69, 9.17) is 4.74 Å². The summed E-state index contributed by atoms with van der Waals surface area (Å²) >= 11 is 0. The van der Waals surface area contributed by atoms with Gasteiger partial charge in [-0.25, -0.2) is 0 Å². The number of ether oxygens (including phenoxy) is 1. The number of hydrogen-bond acceptors (Lipinski definition) is 3. The normalized spacial score (nSPS) is 24.1. The van der Waals surface area contributed by atoms with Crippen molar-refractivity contribution in [3.63, 3.8) is 0 Å². The van der Waals surface area contributed by atoms with Crippen molar-refractivity contribution < 1.29 is 9.53 Å². The largest absolute Gasteiger partial charge is 0.378 e. The zero-order valence-electron chi connectivity index (χ0n) is 11.7. The van der Waals surface area contributed by atoms with Crippen molar-refractivity contribution in [1.29, 1.82) is 0 Å². The van der Waals surface area contributed by atoms with Gasteiger partial charge in [-0.3, -0.25) is 4.79 Å². The molecule has 1 amide bonds. The van der Waals surface area contributed by atoms with E-state index in [2.05, 4.69) is 34.9 Å². The molecule has 1 aliphatic heterocycles. The van der Waals surface area contributed by atoms with Crippen LogP contribution in [0.4, 0.5) is 0 Å². The number of carbonyl (C=O) groups is 1. The van der Waals surface area contributed by atoms with Crippen molar-refractivity contribution in [2.24, 2.45) is 0 Å². The van der Waals surface area contributed by atoms with E-state index in [0.29, 0.717) is 13.0 Å². The average molecular weight is 274 g/mol. The lowest BCUT2D eigenvalue weighted by atomic mass is 9.96. The van der Waals surface area contributed by atoms with Crippen molar-refractivity contribution in [3.8, 4) is 0 Å². The van der Waals surface area contributed by atoms with E-state index < -0.39 is 0 Å². The monoisotopic (exact) mass is 274 g/mol. The molecule has 1 aromatic carbocycles. The van der Waals surface area contributed by atoms with Crippen LogP contribution in [0.25, 0.3) is 0 Å². The lowest BCUT2D eigenvalue weighted by Gasteiger charge is -2.24. The molecular weight excluding hydrogens is 252 g/mol. The number of morpholine rings is 1. The van der Waals surface area contributed by atoms with Crippen LogP contribution in [-0.2, 0) is 14.9 Å². The number of carbonyl (C=O) groups excluding carboxylic acids is 1. The van der Waals surface area contributed by atoms with Gasteiger partial charge in [-0.05, 0) is 18.4 Å². The molecule has 4 heteroatoms. The molecule has 0 radical (unpaired) electrons. The minimum absolute atomic E-state index is 0.121. The van der Waals surface area contributed by atoms with Crippen molar-refractivity contribution in [2.75, 3.05) is 26.3 Å². The molecule has 20 heavy (non-hydrogen) atoms. The zero-order chi connectivity index (χ0) is 13.8. The summed E-state index contributed by atoms with van der Waals surface area (Å²) in [6.07, 6.45) is 2.84. The maximum atomic E-state index is 12.0. The average Bonchev–Trinajstić information content (AvgIpc) is 3.28. The number of hydrogen-bond donors (Lipinski definition) is 2. The quantitative estimate of drug-likeness (QED) is 0.848.